The summed E-state index contributed by atoms with van der Waals surface area (Å²) in [6.45, 7) is 0.249. The molecular weight excluding hydrogens is 247 g/mol. The summed E-state index contributed by atoms with van der Waals surface area (Å²) >= 11 is 0. The molecule has 1 aliphatic rings. The Morgan fingerprint density at radius 2 is 1.83 bits per heavy atom. The largest absolute Gasteiger partial charge is 0.416 e. The van der Waals surface area contributed by atoms with Crippen LogP contribution in [0.1, 0.15) is 22.3 Å². The summed E-state index contributed by atoms with van der Waals surface area (Å²) < 4.78 is 37.0. The zero-order valence-electron chi connectivity index (χ0n) is 9.25. The smallest absolute Gasteiger partial charge is 0.355 e. The minimum Gasteiger partial charge on any atom is -0.355 e. The summed E-state index contributed by atoms with van der Waals surface area (Å²) in [7, 11) is 0. The normalized spacial score (nSPS) is 19.7. The van der Waals surface area contributed by atoms with Crippen molar-refractivity contribution >= 4 is 11.7 Å². The van der Waals surface area contributed by atoms with Crippen LogP contribution in [0, 0.1) is 5.92 Å². The van der Waals surface area contributed by atoms with Crippen LogP contribution in [0.5, 0.6) is 0 Å². The van der Waals surface area contributed by atoms with Gasteiger partial charge in [-0.15, -0.1) is 0 Å². The van der Waals surface area contributed by atoms with Gasteiger partial charge in [-0.3, -0.25) is 9.59 Å². The summed E-state index contributed by atoms with van der Waals surface area (Å²) in [5.74, 6) is -0.989. The maximum Gasteiger partial charge on any atom is 0.416 e. The van der Waals surface area contributed by atoms with Gasteiger partial charge in [0, 0.05) is 24.4 Å². The lowest BCUT2D eigenvalue weighted by Gasteiger charge is -2.09. The predicted molar refractivity (Wildman–Crippen MR) is 56.9 cm³/mol. The van der Waals surface area contributed by atoms with Gasteiger partial charge >= 0.3 is 6.18 Å². The molecule has 3 nitrogen and oxygen atoms in total. The van der Waals surface area contributed by atoms with E-state index in [-0.39, 0.29) is 30.2 Å². The van der Waals surface area contributed by atoms with E-state index in [0.29, 0.717) is 0 Å². The third kappa shape index (κ3) is 2.52. The molecule has 0 spiro atoms. The van der Waals surface area contributed by atoms with Crippen LogP contribution in [0.2, 0.25) is 0 Å². The lowest BCUT2D eigenvalue weighted by Crippen LogP contribution is -2.18. The van der Waals surface area contributed by atoms with Crippen LogP contribution in [0.25, 0.3) is 0 Å². The summed E-state index contributed by atoms with van der Waals surface area (Å²) in [6, 6.07) is 4.04. The maximum absolute atomic E-state index is 12.3. The van der Waals surface area contributed by atoms with Gasteiger partial charge in [0.2, 0.25) is 5.91 Å². The number of nitrogens with one attached hydrogen (secondary N) is 1. The lowest BCUT2D eigenvalue weighted by atomic mass is 9.96. The molecule has 18 heavy (non-hydrogen) atoms. The summed E-state index contributed by atoms with van der Waals surface area (Å²) in [5, 5.41) is 2.52. The van der Waals surface area contributed by atoms with Crippen LogP contribution in [0.15, 0.2) is 24.3 Å². The van der Waals surface area contributed by atoms with Crippen LogP contribution in [0.4, 0.5) is 13.2 Å². The van der Waals surface area contributed by atoms with E-state index < -0.39 is 17.7 Å². The average Bonchev–Trinajstić information content (AvgIpc) is 2.74. The molecule has 1 amide bonds. The molecule has 0 bridgehead atoms. The number of rotatable bonds is 2. The van der Waals surface area contributed by atoms with E-state index >= 15 is 0 Å². The molecular formula is C12H10F3NO2. The van der Waals surface area contributed by atoms with E-state index in [2.05, 4.69) is 5.32 Å². The fraction of sp³-hybridized carbons (Fsp3) is 0.333. The zero-order valence-corrected chi connectivity index (χ0v) is 9.25. The van der Waals surface area contributed by atoms with Gasteiger partial charge < -0.3 is 5.32 Å². The third-order valence-corrected chi connectivity index (χ3v) is 2.84. The van der Waals surface area contributed by atoms with Crippen molar-refractivity contribution in [2.45, 2.75) is 12.6 Å². The highest BCUT2D eigenvalue weighted by atomic mass is 19.4. The second-order valence-corrected chi connectivity index (χ2v) is 4.14. The molecule has 0 aromatic heterocycles. The number of hydrogen-bond acceptors (Lipinski definition) is 2. The topological polar surface area (TPSA) is 46.2 Å². The molecule has 1 unspecified atom stereocenters. The number of benzene rings is 1. The fourth-order valence-corrected chi connectivity index (χ4v) is 1.85. The number of amides is 1. The Bertz CT molecular complexity index is 479. The van der Waals surface area contributed by atoms with Crippen molar-refractivity contribution in [3.8, 4) is 0 Å². The fourth-order valence-electron chi connectivity index (χ4n) is 1.85. The molecule has 1 aromatic rings. The van der Waals surface area contributed by atoms with Crippen molar-refractivity contribution in [1.29, 1.82) is 0 Å². The Kier molecular flexibility index (Phi) is 3.11. The van der Waals surface area contributed by atoms with Crippen LogP contribution in [-0.2, 0) is 11.0 Å². The van der Waals surface area contributed by atoms with Crippen molar-refractivity contribution in [3.63, 3.8) is 0 Å². The minimum atomic E-state index is -4.41. The zero-order chi connectivity index (χ0) is 13.3. The first-order valence-corrected chi connectivity index (χ1v) is 5.36. The molecule has 2 rings (SSSR count). The molecule has 1 heterocycles. The molecule has 1 atom stereocenters. The first kappa shape index (κ1) is 12.6. The van der Waals surface area contributed by atoms with Crippen LogP contribution in [-0.4, -0.2) is 18.2 Å². The van der Waals surface area contributed by atoms with Crippen molar-refractivity contribution in [3.05, 3.63) is 35.4 Å². The number of alkyl halides is 3. The number of halogens is 3. The number of Topliss-reactive ketones (excluding diaryl/α,β-unsaturated/α-hetero) is 1. The van der Waals surface area contributed by atoms with Crippen LogP contribution < -0.4 is 5.32 Å². The Labute approximate surface area is 101 Å². The van der Waals surface area contributed by atoms with Gasteiger partial charge in [-0.25, -0.2) is 0 Å². The van der Waals surface area contributed by atoms with E-state index in [9.17, 15) is 22.8 Å². The van der Waals surface area contributed by atoms with Gasteiger partial charge in [0.05, 0.1) is 5.56 Å². The molecule has 1 aliphatic heterocycles. The summed E-state index contributed by atoms with van der Waals surface area (Å²) in [6.07, 6.45) is -4.31. The Hall–Kier alpha value is -1.85. The van der Waals surface area contributed by atoms with E-state index in [1.807, 2.05) is 0 Å². The van der Waals surface area contributed by atoms with Crippen molar-refractivity contribution in [1.82, 2.24) is 5.32 Å². The van der Waals surface area contributed by atoms with E-state index in [0.717, 1.165) is 24.3 Å². The molecule has 1 fully saturated rings. The molecule has 0 aliphatic carbocycles. The molecule has 96 valence electrons. The van der Waals surface area contributed by atoms with Crippen molar-refractivity contribution in [2.24, 2.45) is 5.92 Å². The maximum atomic E-state index is 12.3. The standard InChI is InChI=1S/C12H10F3NO2/c13-12(14,15)9-3-1-7(2-4-9)11(18)8-5-10(17)16-6-8/h1-4,8H,5-6H2,(H,16,17). The van der Waals surface area contributed by atoms with Gasteiger partial charge in [-0.05, 0) is 12.1 Å². The molecule has 1 aromatic carbocycles. The molecule has 1 N–H and O–H groups in total. The summed E-state index contributed by atoms with van der Waals surface area (Å²) in [4.78, 5) is 22.8. The molecule has 6 heteroatoms. The highest BCUT2D eigenvalue weighted by molar-refractivity contribution is 6.01. The highest BCUT2D eigenvalue weighted by Crippen LogP contribution is 2.29. The van der Waals surface area contributed by atoms with Gasteiger partial charge in [-0.1, -0.05) is 12.1 Å². The van der Waals surface area contributed by atoms with Crippen LogP contribution >= 0.6 is 0 Å². The third-order valence-electron chi connectivity index (χ3n) is 2.84. The Balaban J connectivity index is 2.15. The van der Waals surface area contributed by atoms with E-state index in [4.69, 9.17) is 0 Å². The van der Waals surface area contributed by atoms with Crippen molar-refractivity contribution in [2.75, 3.05) is 6.54 Å². The van der Waals surface area contributed by atoms with Gasteiger partial charge in [0.1, 0.15) is 0 Å². The van der Waals surface area contributed by atoms with E-state index in [1.165, 1.54) is 0 Å². The number of ketones is 1. The first-order valence-electron chi connectivity index (χ1n) is 5.36. The number of carbonyl (C=O) groups is 2. The molecule has 0 radical (unpaired) electrons. The summed E-state index contributed by atoms with van der Waals surface area (Å²) in [5.41, 5.74) is -0.593. The van der Waals surface area contributed by atoms with E-state index in [1.54, 1.807) is 0 Å². The highest BCUT2D eigenvalue weighted by Gasteiger charge is 2.32. The van der Waals surface area contributed by atoms with Crippen molar-refractivity contribution < 1.29 is 22.8 Å². The Morgan fingerprint density at radius 1 is 1.22 bits per heavy atom. The first-order chi connectivity index (χ1) is 8.38. The minimum absolute atomic E-state index is 0.0971. The predicted octanol–water partition coefficient (Wildman–Crippen LogP) is 2.02. The Morgan fingerprint density at radius 3 is 2.28 bits per heavy atom. The quantitative estimate of drug-likeness (QED) is 0.824. The van der Waals surface area contributed by atoms with Gasteiger partial charge in [0.15, 0.2) is 5.78 Å². The average molecular weight is 257 g/mol. The number of hydrogen-bond donors (Lipinski definition) is 1. The monoisotopic (exact) mass is 257 g/mol. The SMILES string of the molecule is O=C1CC(C(=O)c2ccc(C(F)(F)F)cc2)CN1. The number of carbonyl (C=O) groups excluding carboxylic acids is 2. The van der Waals surface area contributed by atoms with Gasteiger partial charge in [-0.2, -0.15) is 13.2 Å². The second kappa shape index (κ2) is 4.44. The second-order valence-electron chi connectivity index (χ2n) is 4.14. The lowest BCUT2D eigenvalue weighted by molar-refractivity contribution is -0.137. The van der Waals surface area contributed by atoms with Gasteiger partial charge in [0.25, 0.3) is 0 Å². The van der Waals surface area contributed by atoms with Crippen LogP contribution in [0.3, 0.4) is 0 Å². The molecule has 0 saturated carbocycles. The molecule has 1 saturated heterocycles.